The number of hydrogen-bond acceptors (Lipinski definition) is 3. The predicted molar refractivity (Wildman–Crippen MR) is 80.1 cm³/mol. The van der Waals surface area contributed by atoms with E-state index in [-0.39, 0.29) is 24.0 Å². The quantitative estimate of drug-likeness (QED) is 0.898. The normalized spacial score (nSPS) is 24.4. The first-order valence-electron chi connectivity index (χ1n) is 7.50. The van der Waals surface area contributed by atoms with Gasteiger partial charge in [-0.15, -0.1) is 0 Å². The topological polar surface area (TPSA) is 49.5 Å². The summed E-state index contributed by atoms with van der Waals surface area (Å²) in [5.41, 5.74) is 6.73. The monoisotopic (exact) mass is 298 g/mol. The van der Waals surface area contributed by atoms with Crippen molar-refractivity contribution in [3.8, 4) is 0 Å². The van der Waals surface area contributed by atoms with Gasteiger partial charge >= 0.3 is 0 Å². The molecule has 0 aromatic heterocycles. The lowest BCUT2D eigenvalue weighted by Gasteiger charge is -2.39. The first-order valence-corrected chi connectivity index (χ1v) is 7.50. The predicted octanol–water partition coefficient (Wildman–Crippen LogP) is 2.53. The van der Waals surface area contributed by atoms with Gasteiger partial charge in [-0.25, -0.2) is 8.78 Å². The molecular formula is C16H24F2N2O. The van der Waals surface area contributed by atoms with Gasteiger partial charge in [0, 0.05) is 30.9 Å². The molecule has 1 heterocycles. The van der Waals surface area contributed by atoms with Gasteiger partial charge in [0.05, 0.1) is 6.10 Å². The van der Waals surface area contributed by atoms with Crippen molar-refractivity contribution in [3.05, 3.63) is 29.8 Å². The van der Waals surface area contributed by atoms with Crippen LogP contribution in [0.2, 0.25) is 0 Å². The van der Waals surface area contributed by atoms with Crippen molar-refractivity contribution in [2.45, 2.75) is 38.8 Å². The van der Waals surface area contributed by atoms with Crippen molar-refractivity contribution in [1.29, 1.82) is 0 Å². The Morgan fingerprint density at radius 3 is 2.62 bits per heavy atom. The standard InChI is InChI=1S/C16H24F2N2O/c1-10(2)16(21)6-11-5-12(19)9-20(8-11)13-3-4-14(17)15(18)7-13/h3-4,7,10-12,16,21H,5-6,8-9,19H2,1-2H3. The molecule has 3 atom stereocenters. The van der Waals surface area contributed by atoms with Crippen molar-refractivity contribution < 1.29 is 13.9 Å². The molecule has 21 heavy (non-hydrogen) atoms. The second-order valence-electron chi connectivity index (χ2n) is 6.41. The van der Waals surface area contributed by atoms with Crippen LogP contribution in [0.5, 0.6) is 0 Å². The zero-order valence-corrected chi connectivity index (χ0v) is 12.6. The van der Waals surface area contributed by atoms with E-state index in [9.17, 15) is 13.9 Å². The van der Waals surface area contributed by atoms with Crippen LogP contribution in [0.15, 0.2) is 18.2 Å². The van der Waals surface area contributed by atoms with E-state index in [0.717, 1.165) is 12.5 Å². The Kier molecular flexibility index (Phi) is 5.17. The number of aliphatic hydroxyl groups is 1. The fourth-order valence-electron chi connectivity index (χ4n) is 2.92. The van der Waals surface area contributed by atoms with Crippen molar-refractivity contribution in [1.82, 2.24) is 0 Å². The summed E-state index contributed by atoms with van der Waals surface area (Å²) in [6, 6.07) is 3.91. The number of rotatable bonds is 4. The number of halogens is 2. The highest BCUT2D eigenvalue weighted by Crippen LogP contribution is 2.27. The van der Waals surface area contributed by atoms with E-state index in [0.29, 0.717) is 25.2 Å². The Morgan fingerprint density at radius 1 is 1.29 bits per heavy atom. The zero-order valence-electron chi connectivity index (χ0n) is 12.6. The first-order chi connectivity index (χ1) is 9.86. The summed E-state index contributed by atoms with van der Waals surface area (Å²) >= 11 is 0. The van der Waals surface area contributed by atoms with Crippen LogP contribution in [0.1, 0.15) is 26.7 Å². The number of aliphatic hydroxyl groups excluding tert-OH is 1. The molecule has 0 aliphatic carbocycles. The smallest absolute Gasteiger partial charge is 0.160 e. The molecular weight excluding hydrogens is 274 g/mol. The van der Waals surface area contributed by atoms with Gasteiger partial charge in [0.2, 0.25) is 0 Å². The van der Waals surface area contributed by atoms with Crippen LogP contribution in [0.25, 0.3) is 0 Å². The van der Waals surface area contributed by atoms with Crippen LogP contribution < -0.4 is 10.6 Å². The lowest BCUT2D eigenvalue weighted by atomic mass is 9.87. The summed E-state index contributed by atoms with van der Waals surface area (Å²) in [5.74, 6) is -1.21. The second kappa shape index (κ2) is 6.71. The molecule has 3 unspecified atom stereocenters. The highest BCUT2D eigenvalue weighted by atomic mass is 19.2. The Hall–Kier alpha value is -1.20. The number of nitrogens with two attached hydrogens (primary N) is 1. The zero-order chi connectivity index (χ0) is 15.6. The number of hydrogen-bond donors (Lipinski definition) is 2. The number of piperidine rings is 1. The van der Waals surface area contributed by atoms with Crippen molar-refractivity contribution in [2.75, 3.05) is 18.0 Å². The van der Waals surface area contributed by atoms with Gasteiger partial charge in [-0.05, 0) is 36.8 Å². The van der Waals surface area contributed by atoms with Crippen LogP contribution in [0, 0.1) is 23.5 Å². The van der Waals surface area contributed by atoms with Gasteiger partial charge in [0.25, 0.3) is 0 Å². The first kappa shape index (κ1) is 16.2. The maximum atomic E-state index is 13.4. The van der Waals surface area contributed by atoms with Crippen molar-refractivity contribution in [3.63, 3.8) is 0 Å². The van der Waals surface area contributed by atoms with Crippen LogP contribution in [-0.4, -0.2) is 30.3 Å². The van der Waals surface area contributed by atoms with E-state index in [1.807, 2.05) is 18.7 Å². The molecule has 1 aliphatic heterocycles. The molecule has 5 heteroatoms. The second-order valence-corrected chi connectivity index (χ2v) is 6.41. The summed E-state index contributed by atoms with van der Waals surface area (Å²) in [6.07, 6.45) is 1.18. The maximum Gasteiger partial charge on any atom is 0.160 e. The minimum atomic E-state index is -0.842. The van der Waals surface area contributed by atoms with Crippen LogP contribution in [0.4, 0.5) is 14.5 Å². The van der Waals surface area contributed by atoms with E-state index in [2.05, 4.69) is 0 Å². The molecule has 1 aromatic rings. The van der Waals surface area contributed by atoms with Crippen molar-refractivity contribution in [2.24, 2.45) is 17.6 Å². The fourth-order valence-corrected chi connectivity index (χ4v) is 2.92. The van der Waals surface area contributed by atoms with Gasteiger partial charge in [0.15, 0.2) is 11.6 Å². The molecule has 1 saturated heterocycles. The Bertz CT molecular complexity index is 481. The van der Waals surface area contributed by atoms with Gasteiger partial charge in [-0.2, -0.15) is 0 Å². The van der Waals surface area contributed by atoms with Gasteiger partial charge in [-0.1, -0.05) is 13.8 Å². The molecule has 1 aromatic carbocycles. The van der Waals surface area contributed by atoms with E-state index in [1.54, 1.807) is 6.07 Å². The van der Waals surface area contributed by atoms with Crippen molar-refractivity contribution >= 4 is 5.69 Å². The van der Waals surface area contributed by atoms with E-state index in [1.165, 1.54) is 6.07 Å². The molecule has 0 radical (unpaired) electrons. The molecule has 2 rings (SSSR count). The molecule has 0 saturated carbocycles. The third-order valence-corrected chi connectivity index (χ3v) is 4.18. The largest absolute Gasteiger partial charge is 0.393 e. The number of anilines is 1. The van der Waals surface area contributed by atoms with Gasteiger partial charge < -0.3 is 15.7 Å². The molecule has 118 valence electrons. The third kappa shape index (κ3) is 4.14. The third-order valence-electron chi connectivity index (χ3n) is 4.18. The lowest BCUT2D eigenvalue weighted by Crippen LogP contribution is -2.48. The summed E-state index contributed by atoms with van der Waals surface area (Å²) in [5, 5.41) is 10.0. The molecule has 1 fully saturated rings. The minimum absolute atomic E-state index is 0.0174. The Labute approximate surface area is 124 Å². The van der Waals surface area contributed by atoms with Crippen LogP contribution in [0.3, 0.4) is 0 Å². The van der Waals surface area contributed by atoms with Gasteiger partial charge in [-0.3, -0.25) is 0 Å². The summed E-state index contributed by atoms with van der Waals surface area (Å²) < 4.78 is 26.4. The SMILES string of the molecule is CC(C)C(O)CC1CC(N)CN(c2ccc(F)c(F)c2)C1. The maximum absolute atomic E-state index is 13.4. The van der Waals surface area contributed by atoms with Crippen LogP contribution in [-0.2, 0) is 0 Å². The fraction of sp³-hybridized carbons (Fsp3) is 0.625. The Balaban J connectivity index is 2.08. The van der Waals surface area contributed by atoms with E-state index >= 15 is 0 Å². The molecule has 3 N–H and O–H groups in total. The van der Waals surface area contributed by atoms with E-state index in [4.69, 9.17) is 5.73 Å². The average molecular weight is 298 g/mol. The average Bonchev–Trinajstić information content (AvgIpc) is 2.41. The molecule has 0 amide bonds. The summed E-state index contributed by atoms with van der Waals surface area (Å²) in [7, 11) is 0. The van der Waals surface area contributed by atoms with E-state index < -0.39 is 11.6 Å². The number of benzene rings is 1. The minimum Gasteiger partial charge on any atom is -0.393 e. The summed E-state index contributed by atoms with van der Waals surface area (Å²) in [6.45, 7) is 5.31. The number of nitrogens with zero attached hydrogens (tertiary/aromatic N) is 1. The van der Waals surface area contributed by atoms with Crippen LogP contribution >= 0.6 is 0 Å². The Morgan fingerprint density at radius 2 is 2.00 bits per heavy atom. The molecule has 0 spiro atoms. The highest BCUT2D eigenvalue weighted by molar-refractivity contribution is 5.47. The molecule has 1 aliphatic rings. The van der Waals surface area contributed by atoms with Gasteiger partial charge in [0.1, 0.15) is 0 Å². The lowest BCUT2D eigenvalue weighted by molar-refractivity contribution is 0.0922. The summed E-state index contributed by atoms with van der Waals surface area (Å²) in [4.78, 5) is 1.98. The molecule has 0 bridgehead atoms. The molecule has 3 nitrogen and oxygen atoms in total. The highest BCUT2D eigenvalue weighted by Gasteiger charge is 2.28.